The predicted molar refractivity (Wildman–Crippen MR) is 98.3 cm³/mol. The van der Waals surface area contributed by atoms with E-state index in [0.29, 0.717) is 11.4 Å². The van der Waals surface area contributed by atoms with E-state index in [1.165, 1.54) is 24.3 Å². The van der Waals surface area contributed by atoms with Crippen LogP contribution in [0.5, 0.6) is 0 Å². The summed E-state index contributed by atoms with van der Waals surface area (Å²) in [7, 11) is 0. The molecule has 0 saturated heterocycles. The van der Waals surface area contributed by atoms with Gasteiger partial charge in [0.25, 0.3) is 0 Å². The molecule has 0 saturated carbocycles. The van der Waals surface area contributed by atoms with Crippen LogP contribution >= 0.6 is 0 Å². The Bertz CT molecular complexity index is 635. The molecule has 24 heavy (non-hydrogen) atoms. The number of urea groups is 1. The SMILES string of the molecule is CCCN(CCC)c1ccc(NC(=O)Nc2ccc(F)cc2)cc1. The summed E-state index contributed by atoms with van der Waals surface area (Å²) >= 11 is 0. The second-order valence-corrected chi connectivity index (χ2v) is 5.62. The smallest absolute Gasteiger partial charge is 0.323 e. The van der Waals surface area contributed by atoms with Crippen molar-refractivity contribution < 1.29 is 9.18 Å². The van der Waals surface area contributed by atoms with Crippen LogP contribution in [0.25, 0.3) is 0 Å². The highest BCUT2D eigenvalue weighted by molar-refractivity contribution is 5.99. The highest BCUT2D eigenvalue weighted by Gasteiger charge is 2.06. The number of benzene rings is 2. The van der Waals surface area contributed by atoms with Gasteiger partial charge in [0, 0.05) is 30.2 Å². The zero-order valence-corrected chi connectivity index (χ0v) is 14.2. The number of hydrogen-bond donors (Lipinski definition) is 2. The van der Waals surface area contributed by atoms with Gasteiger partial charge in [-0.25, -0.2) is 9.18 Å². The van der Waals surface area contributed by atoms with Gasteiger partial charge in [0.05, 0.1) is 0 Å². The van der Waals surface area contributed by atoms with E-state index in [-0.39, 0.29) is 11.8 Å². The Morgan fingerprint density at radius 1 is 0.875 bits per heavy atom. The maximum atomic E-state index is 12.9. The molecule has 128 valence electrons. The summed E-state index contributed by atoms with van der Waals surface area (Å²) in [5.74, 6) is -0.333. The van der Waals surface area contributed by atoms with Gasteiger partial charge in [0.1, 0.15) is 5.82 Å². The molecule has 2 rings (SSSR count). The number of halogens is 1. The van der Waals surface area contributed by atoms with E-state index in [4.69, 9.17) is 0 Å². The molecule has 0 aliphatic rings. The summed E-state index contributed by atoms with van der Waals surface area (Å²) in [5.41, 5.74) is 2.41. The fraction of sp³-hybridized carbons (Fsp3) is 0.316. The van der Waals surface area contributed by atoms with E-state index in [1.807, 2.05) is 24.3 Å². The summed E-state index contributed by atoms with van der Waals surface area (Å²) in [6, 6.07) is 13.1. The predicted octanol–water partition coefficient (Wildman–Crippen LogP) is 5.10. The molecule has 5 heteroatoms. The number of carbonyl (C=O) groups is 1. The van der Waals surface area contributed by atoms with Crippen LogP contribution in [-0.2, 0) is 0 Å². The average molecular weight is 329 g/mol. The van der Waals surface area contributed by atoms with Gasteiger partial charge in [0.15, 0.2) is 0 Å². The fourth-order valence-electron chi connectivity index (χ4n) is 2.49. The fourth-order valence-corrected chi connectivity index (χ4v) is 2.49. The minimum absolute atomic E-state index is 0.333. The number of amides is 2. The monoisotopic (exact) mass is 329 g/mol. The van der Waals surface area contributed by atoms with Crippen LogP contribution in [0.3, 0.4) is 0 Å². The average Bonchev–Trinajstić information content (AvgIpc) is 2.57. The van der Waals surface area contributed by atoms with Gasteiger partial charge >= 0.3 is 6.03 Å². The molecule has 0 radical (unpaired) electrons. The van der Waals surface area contributed by atoms with Crippen molar-refractivity contribution in [2.45, 2.75) is 26.7 Å². The minimum atomic E-state index is -0.353. The van der Waals surface area contributed by atoms with Crippen molar-refractivity contribution in [3.8, 4) is 0 Å². The Balaban J connectivity index is 1.95. The normalized spacial score (nSPS) is 10.3. The van der Waals surface area contributed by atoms with Gasteiger partial charge in [-0.15, -0.1) is 0 Å². The molecule has 0 atom stereocenters. The number of anilines is 3. The third-order valence-corrected chi connectivity index (χ3v) is 3.58. The third kappa shape index (κ3) is 5.26. The first-order valence-electron chi connectivity index (χ1n) is 8.31. The first kappa shape index (κ1) is 17.8. The Kier molecular flexibility index (Phi) is 6.61. The van der Waals surface area contributed by atoms with E-state index in [0.717, 1.165) is 31.6 Å². The number of nitrogens with zero attached hydrogens (tertiary/aromatic N) is 1. The largest absolute Gasteiger partial charge is 0.372 e. The quantitative estimate of drug-likeness (QED) is 0.742. The van der Waals surface area contributed by atoms with Crippen molar-refractivity contribution in [1.82, 2.24) is 0 Å². The van der Waals surface area contributed by atoms with E-state index < -0.39 is 0 Å². The number of rotatable bonds is 7. The summed E-state index contributed by atoms with van der Waals surface area (Å²) in [5, 5.41) is 5.44. The maximum absolute atomic E-state index is 12.9. The molecule has 0 aliphatic heterocycles. The third-order valence-electron chi connectivity index (χ3n) is 3.58. The van der Waals surface area contributed by atoms with Crippen LogP contribution in [0.15, 0.2) is 48.5 Å². The molecule has 0 fully saturated rings. The lowest BCUT2D eigenvalue weighted by molar-refractivity contribution is 0.262. The molecular weight excluding hydrogens is 305 g/mol. The van der Waals surface area contributed by atoms with Crippen molar-refractivity contribution in [1.29, 1.82) is 0 Å². The summed E-state index contributed by atoms with van der Waals surface area (Å²) < 4.78 is 12.9. The van der Waals surface area contributed by atoms with Gasteiger partial charge in [-0.2, -0.15) is 0 Å². The molecule has 4 nitrogen and oxygen atoms in total. The first-order chi connectivity index (χ1) is 11.6. The van der Waals surface area contributed by atoms with Crippen molar-refractivity contribution in [3.63, 3.8) is 0 Å². The van der Waals surface area contributed by atoms with Gasteiger partial charge in [-0.05, 0) is 61.4 Å². The Labute approximate surface area is 142 Å². The lowest BCUT2D eigenvalue weighted by atomic mass is 10.2. The van der Waals surface area contributed by atoms with Crippen LogP contribution < -0.4 is 15.5 Å². The lowest BCUT2D eigenvalue weighted by Gasteiger charge is -2.24. The number of nitrogens with one attached hydrogen (secondary N) is 2. The topological polar surface area (TPSA) is 44.4 Å². The van der Waals surface area contributed by atoms with Crippen LogP contribution in [-0.4, -0.2) is 19.1 Å². The Morgan fingerprint density at radius 3 is 1.79 bits per heavy atom. The van der Waals surface area contributed by atoms with Gasteiger partial charge in [-0.1, -0.05) is 13.8 Å². The molecule has 2 aromatic carbocycles. The van der Waals surface area contributed by atoms with Gasteiger partial charge < -0.3 is 15.5 Å². The zero-order valence-electron chi connectivity index (χ0n) is 14.2. The zero-order chi connectivity index (χ0) is 17.4. The number of carbonyl (C=O) groups excluding carboxylic acids is 1. The Morgan fingerprint density at radius 2 is 1.33 bits per heavy atom. The standard InChI is InChI=1S/C19H24FN3O/c1-3-13-23(14-4-2)18-11-9-17(10-12-18)22-19(24)21-16-7-5-15(20)6-8-16/h5-12H,3-4,13-14H2,1-2H3,(H2,21,22,24). The molecule has 2 amide bonds. The summed E-state index contributed by atoms with van der Waals surface area (Å²) in [4.78, 5) is 14.3. The van der Waals surface area contributed by atoms with Crippen molar-refractivity contribution in [2.24, 2.45) is 0 Å². The highest BCUT2D eigenvalue weighted by Crippen LogP contribution is 2.19. The molecule has 0 heterocycles. The van der Waals surface area contributed by atoms with E-state index >= 15 is 0 Å². The van der Waals surface area contributed by atoms with E-state index in [2.05, 4.69) is 29.4 Å². The molecule has 0 unspecified atom stereocenters. The van der Waals surface area contributed by atoms with Crippen molar-refractivity contribution >= 4 is 23.1 Å². The minimum Gasteiger partial charge on any atom is -0.372 e. The van der Waals surface area contributed by atoms with Crippen LogP contribution in [0, 0.1) is 5.82 Å². The van der Waals surface area contributed by atoms with Crippen LogP contribution in [0.4, 0.5) is 26.2 Å². The Hall–Kier alpha value is -2.56. The summed E-state index contributed by atoms with van der Waals surface area (Å²) in [6.45, 7) is 6.37. The molecule has 2 aromatic rings. The van der Waals surface area contributed by atoms with Crippen LogP contribution in [0.1, 0.15) is 26.7 Å². The number of hydrogen-bond acceptors (Lipinski definition) is 2. The van der Waals surface area contributed by atoms with Crippen molar-refractivity contribution in [2.75, 3.05) is 28.6 Å². The van der Waals surface area contributed by atoms with Gasteiger partial charge in [0.2, 0.25) is 0 Å². The van der Waals surface area contributed by atoms with Crippen molar-refractivity contribution in [3.05, 3.63) is 54.3 Å². The summed E-state index contributed by atoms with van der Waals surface area (Å²) in [6.07, 6.45) is 2.19. The maximum Gasteiger partial charge on any atom is 0.323 e. The second kappa shape index (κ2) is 8.91. The highest BCUT2D eigenvalue weighted by atomic mass is 19.1. The molecule has 0 aliphatic carbocycles. The van der Waals surface area contributed by atoms with Crippen LogP contribution in [0.2, 0.25) is 0 Å². The first-order valence-corrected chi connectivity index (χ1v) is 8.31. The lowest BCUT2D eigenvalue weighted by Crippen LogP contribution is -2.24. The second-order valence-electron chi connectivity index (χ2n) is 5.62. The van der Waals surface area contributed by atoms with E-state index in [9.17, 15) is 9.18 Å². The van der Waals surface area contributed by atoms with E-state index in [1.54, 1.807) is 0 Å². The molecule has 0 aromatic heterocycles. The van der Waals surface area contributed by atoms with Gasteiger partial charge in [-0.3, -0.25) is 0 Å². The molecule has 2 N–H and O–H groups in total. The molecule has 0 spiro atoms. The molecule has 0 bridgehead atoms. The molecular formula is C19H24FN3O.